The smallest absolute Gasteiger partial charge is 0.175 e. The predicted molar refractivity (Wildman–Crippen MR) is 97.7 cm³/mol. The first-order valence-electron chi connectivity index (χ1n) is 8.45. The van der Waals surface area contributed by atoms with Crippen molar-refractivity contribution in [1.29, 1.82) is 0 Å². The van der Waals surface area contributed by atoms with E-state index in [0.717, 1.165) is 24.2 Å². The van der Waals surface area contributed by atoms with Gasteiger partial charge in [-0.25, -0.2) is 0 Å². The third-order valence-electron chi connectivity index (χ3n) is 3.77. The summed E-state index contributed by atoms with van der Waals surface area (Å²) in [6, 6.07) is 19.7. The lowest BCUT2D eigenvalue weighted by Gasteiger charge is -2.21. The molecular weight excluding hydrogens is 284 g/mol. The van der Waals surface area contributed by atoms with E-state index in [0.29, 0.717) is 6.42 Å². The Balaban J connectivity index is 2.00. The molecule has 3 heteroatoms. The van der Waals surface area contributed by atoms with Crippen molar-refractivity contribution in [3.05, 3.63) is 60.7 Å². The number of anilines is 2. The highest BCUT2D eigenvalue weighted by Crippen LogP contribution is 2.14. The second-order valence-electron chi connectivity index (χ2n) is 5.73. The quantitative estimate of drug-likeness (QED) is 0.475. The number of ketones is 1. The Hall–Kier alpha value is -2.29. The van der Waals surface area contributed by atoms with Crippen molar-refractivity contribution >= 4 is 17.2 Å². The van der Waals surface area contributed by atoms with Crippen molar-refractivity contribution in [3.8, 4) is 0 Å². The van der Waals surface area contributed by atoms with Crippen molar-refractivity contribution in [1.82, 2.24) is 0 Å². The van der Waals surface area contributed by atoms with Gasteiger partial charge in [-0.05, 0) is 30.7 Å². The molecule has 0 spiro atoms. The second kappa shape index (κ2) is 9.67. The van der Waals surface area contributed by atoms with Gasteiger partial charge in [0.1, 0.15) is 0 Å². The van der Waals surface area contributed by atoms with Crippen LogP contribution in [0.1, 0.15) is 39.0 Å². The first-order chi connectivity index (χ1) is 11.3. The molecule has 0 aliphatic heterocycles. The van der Waals surface area contributed by atoms with Crippen LogP contribution >= 0.6 is 0 Å². The van der Waals surface area contributed by atoms with E-state index in [-0.39, 0.29) is 5.78 Å². The van der Waals surface area contributed by atoms with E-state index in [1.807, 2.05) is 60.7 Å². The number of nitrogens with one attached hydrogen (secondary N) is 2. The first-order valence-corrected chi connectivity index (χ1v) is 8.45. The molecule has 3 nitrogen and oxygen atoms in total. The van der Waals surface area contributed by atoms with Crippen LogP contribution < -0.4 is 10.6 Å². The van der Waals surface area contributed by atoms with Gasteiger partial charge in [0.25, 0.3) is 0 Å². The van der Waals surface area contributed by atoms with Crippen molar-refractivity contribution in [2.75, 3.05) is 10.6 Å². The number of hydrogen-bond donors (Lipinski definition) is 2. The number of hydrogen-bond acceptors (Lipinski definition) is 3. The Morgan fingerprint density at radius 2 is 1.35 bits per heavy atom. The second-order valence-corrected chi connectivity index (χ2v) is 5.73. The average Bonchev–Trinajstić information content (AvgIpc) is 2.60. The zero-order valence-corrected chi connectivity index (χ0v) is 13.8. The van der Waals surface area contributed by atoms with Crippen LogP contribution in [-0.4, -0.2) is 11.9 Å². The zero-order chi connectivity index (χ0) is 16.3. The highest BCUT2D eigenvalue weighted by Gasteiger charge is 2.17. The van der Waals surface area contributed by atoms with E-state index < -0.39 is 6.17 Å². The number of carbonyl (C=O) groups is 1. The largest absolute Gasteiger partial charge is 0.359 e. The van der Waals surface area contributed by atoms with E-state index in [1.54, 1.807) is 0 Å². The van der Waals surface area contributed by atoms with E-state index >= 15 is 0 Å². The molecule has 0 fully saturated rings. The lowest BCUT2D eigenvalue weighted by atomic mass is 10.1. The molecule has 2 rings (SSSR count). The molecule has 2 aromatic rings. The minimum absolute atomic E-state index is 0.203. The molecule has 122 valence electrons. The molecule has 0 unspecified atom stereocenters. The van der Waals surface area contributed by atoms with Gasteiger partial charge in [0.05, 0.1) is 0 Å². The number of para-hydroxylation sites is 2. The Bertz CT molecular complexity index is 527. The standard InChI is InChI=1S/C20H26N2O/c1-2-3-4-11-16-19(23)20(21-17-12-7-5-8-13-17)22-18-14-9-6-10-15-18/h5-10,12-15,20-22H,2-4,11,16H2,1H3. The minimum atomic E-state index is -0.401. The zero-order valence-electron chi connectivity index (χ0n) is 13.8. The molecule has 0 aliphatic carbocycles. The van der Waals surface area contributed by atoms with Gasteiger partial charge >= 0.3 is 0 Å². The number of Topliss-reactive ketones (excluding diaryl/α,β-unsaturated/α-hetero) is 1. The average molecular weight is 310 g/mol. The molecule has 0 aliphatic rings. The summed E-state index contributed by atoms with van der Waals surface area (Å²) in [4.78, 5) is 12.6. The molecule has 23 heavy (non-hydrogen) atoms. The van der Waals surface area contributed by atoms with Crippen LogP contribution in [0.3, 0.4) is 0 Å². The molecule has 0 radical (unpaired) electrons. The summed E-state index contributed by atoms with van der Waals surface area (Å²) >= 11 is 0. The molecular formula is C20H26N2O. The van der Waals surface area contributed by atoms with Crippen LogP contribution in [0.5, 0.6) is 0 Å². The summed E-state index contributed by atoms with van der Waals surface area (Å²) in [5.41, 5.74) is 1.89. The number of unbranched alkanes of at least 4 members (excludes halogenated alkanes) is 3. The summed E-state index contributed by atoms with van der Waals surface area (Å²) in [7, 11) is 0. The molecule has 0 atom stereocenters. The topological polar surface area (TPSA) is 41.1 Å². The SMILES string of the molecule is CCCCCCC(=O)C(Nc1ccccc1)Nc1ccccc1. The van der Waals surface area contributed by atoms with Gasteiger partial charge in [0.2, 0.25) is 0 Å². The monoisotopic (exact) mass is 310 g/mol. The minimum Gasteiger partial charge on any atom is -0.359 e. The Morgan fingerprint density at radius 3 is 1.83 bits per heavy atom. The fourth-order valence-electron chi connectivity index (χ4n) is 2.47. The Morgan fingerprint density at radius 1 is 0.826 bits per heavy atom. The van der Waals surface area contributed by atoms with E-state index in [4.69, 9.17) is 0 Å². The summed E-state index contributed by atoms with van der Waals surface area (Å²) in [5.74, 6) is 0.203. The van der Waals surface area contributed by atoms with Crippen LogP contribution in [0, 0.1) is 0 Å². The predicted octanol–water partition coefficient (Wildman–Crippen LogP) is 5.08. The number of carbonyl (C=O) groups excluding carboxylic acids is 1. The van der Waals surface area contributed by atoms with Gasteiger partial charge in [-0.2, -0.15) is 0 Å². The number of benzene rings is 2. The molecule has 0 amide bonds. The lowest BCUT2D eigenvalue weighted by molar-refractivity contribution is -0.119. The molecule has 0 aromatic heterocycles. The molecule has 0 saturated heterocycles. The van der Waals surface area contributed by atoms with Gasteiger partial charge < -0.3 is 10.6 Å². The summed E-state index contributed by atoms with van der Waals surface area (Å²) < 4.78 is 0. The van der Waals surface area contributed by atoms with Gasteiger partial charge in [-0.15, -0.1) is 0 Å². The number of rotatable bonds is 10. The summed E-state index contributed by atoms with van der Waals surface area (Å²) in [6.07, 6.45) is 4.64. The van der Waals surface area contributed by atoms with Crippen molar-refractivity contribution < 1.29 is 4.79 Å². The van der Waals surface area contributed by atoms with Gasteiger partial charge in [0, 0.05) is 17.8 Å². The van der Waals surface area contributed by atoms with Crippen LogP contribution in [-0.2, 0) is 4.79 Å². The van der Waals surface area contributed by atoms with Crippen LogP contribution in [0.25, 0.3) is 0 Å². The lowest BCUT2D eigenvalue weighted by Crippen LogP contribution is -2.37. The van der Waals surface area contributed by atoms with Gasteiger partial charge in [-0.3, -0.25) is 4.79 Å². The van der Waals surface area contributed by atoms with Crippen LogP contribution in [0.2, 0.25) is 0 Å². The van der Waals surface area contributed by atoms with Crippen molar-refractivity contribution in [3.63, 3.8) is 0 Å². The Kier molecular flexibility index (Phi) is 7.18. The van der Waals surface area contributed by atoms with Crippen molar-refractivity contribution in [2.45, 2.75) is 45.2 Å². The highest BCUT2D eigenvalue weighted by atomic mass is 16.1. The Labute approximate surface area is 139 Å². The summed E-state index contributed by atoms with van der Waals surface area (Å²) in [6.45, 7) is 2.18. The van der Waals surface area contributed by atoms with Gasteiger partial charge in [-0.1, -0.05) is 62.6 Å². The fourth-order valence-corrected chi connectivity index (χ4v) is 2.47. The van der Waals surface area contributed by atoms with Crippen LogP contribution in [0.4, 0.5) is 11.4 Å². The molecule has 2 aromatic carbocycles. The molecule has 0 heterocycles. The maximum Gasteiger partial charge on any atom is 0.175 e. The van der Waals surface area contributed by atoms with Gasteiger partial charge in [0.15, 0.2) is 11.9 Å². The van der Waals surface area contributed by atoms with E-state index in [9.17, 15) is 4.79 Å². The van der Waals surface area contributed by atoms with Crippen LogP contribution in [0.15, 0.2) is 60.7 Å². The highest BCUT2D eigenvalue weighted by molar-refractivity contribution is 5.88. The van der Waals surface area contributed by atoms with E-state index in [1.165, 1.54) is 12.8 Å². The third-order valence-corrected chi connectivity index (χ3v) is 3.77. The maximum atomic E-state index is 12.6. The third kappa shape index (κ3) is 6.15. The fraction of sp³-hybridized carbons (Fsp3) is 0.350. The summed E-state index contributed by atoms with van der Waals surface area (Å²) in [5, 5.41) is 6.62. The molecule has 0 bridgehead atoms. The van der Waals surface area contributed by atoms with Crippen molar-refractivity contribution in [2.24, 2.45) is 0 Å². The molecule has 2 N–H and O–H groups in total. The maximum absolute atomic E-state index is 12.6. The first kappa shape index (κ1) is 17.1. The van der Waals surface area contributed by atoms with E-state index in [2.05, 4.69) is 17.6 Å². The normalized spacial score (nSPS) is 10.5. The molecule has 0 saturated carbocycles.